The van der Waals surface area contributed by atoms with Crippen molar-refractivity contribution in [1.29, 1.82) is 0 Å². The average Bonchev–Trinajstić information content (AvgIpc) is 2.17. The minimum atomic E-state index is -2.93. The van der Waals surface area contributed by atoms with E-state index in [-0.39, 0.29) is 11.8 Å². The first-order valence-corrected chi connectivity index (χ1v) is 6.54. The van der Waals surface area contributed by atoms with Gasteiger partial charge in [0.2, 0.25) is 0 Å². The molecule has 0 saturated carbocycles. The van der Waals surface area contributed by atoms with E-state index in [9.17, 15) is 8.42 Å². The fourth-order valence-electron chi connectivity index (χ4n) is 2.03. The van der Waals surface area contributed by atoms with E-state index in [1.54, 1.807) is 0 Å². The zero-order valence-electron chi connectivity index (χ0n) is 8.41. The van der Waals surface area contributed by atoms with Gasteiger partial charge in [0.25, 0.3) is 0 Å². The van der Waals surface area contributed by atoms with Gasteiger partial charge in [0.1, 0.15) is 0 Å². The molecule has 4 heteroatoms. The molecular weight excluding hydrogens is 186 g/mol. The van der Waals surface area contributed by atoms with E-state index in [2.05, 4.69) is 6.92 Å². The second kappa shape index (κ2) is 3.58. The Morgan fingerprint density at radius 3 is 2.54 bits per heavy atom. The van der Waals surface area contributed by atoms with Gasteiger partial charge in [-0.25, -0.2) is 8.42 Å². The van der Waals surface area contributed by atoms with E-state index in [1.165, 1.54) is 0 Å². The van der Waals surface area contributed by atoms with Crippen LogP contribution >= 0.6 is 0 Å². The monoisotopic (exact) mass is 205 g/mol. The molecule has 2 unspecified atom stereocenters. The second-order valence-electron chi connectivity index (χ2n) is 4.30. The number of hydrogen-bond donors (Lipinski definition) is 1. The lowest BCUT2D eigenvalue weighted by Gasteiger charge is -2.22. The summed E-state index contributed by atoms with van der Waals surface area (Å²) in [6.07, 6.45) is 3.41. The summed E-state index contributed by atoms with van der Waals surface area (Å²) in [6.45, 7) is 3.91. The molecule has 1 saturated heterocycles. The zero-order chi connectivity index (χ0) is 10.1. The minimum Gasteiger partial charge on any atom is -0.327 e. The Bertz CT molecular complexity index is 273. The van der Waals surface area contributed by atoms with Crippen molar-refractivity contribution >= 4 is 9.84 Å². The maximum absolute atomic E-state index is 11.7. The van der Waals surface area contributed by atoms with Gasteiger partial charge in [-0.05, 0) is 19.8 Å². The lowest BCUT2D eigenvalue weighted by atomic mass is 9.97. The standard InChI is InChI=1S/C9H19NO2S/c1-3-4-5-9(2)6-8(10)7-13(9,11)12/h8H,3-7,10H2,1-2H3. The first-order chi connectivity index (χ1) is 5.91. The molecule has 1 aliphatic heterocycles. The van der Waals surface area contributed by atoms with E-state index >= 15 is 0 Å². The molecule has 0 aromatic rings. The van der Waals surface area contributed by atoms with Gasteiger partial charge in [-0.15, -0.1) is 0 Å². The summed E-state index contributed by atoms with van der Waals surface area (Å²) < 4.78 is 22.9. The largest absolute Gasteiger partial charge is 0.327 e. The highest BCUT2D eigenvalue weighted by Gasteiger charge is 2.46. The van der Waals surface area contributed by atoms with Crippen molar-refractivity contribution < 1.29 is 8.42 Å². The van der Waals surface area contributed by atoms with E-state index in [0.29, 0.717) is 6.42 Å². The Balaban J connectivity index is 2.77. The van der Waals surface area contributed by atoms with Crippen LogP contribution in [0, 0.1) is 0 Å². The SMILES string of the molecule is CCCCC1(C)CC(N)CS1(=O)=O. The first-order valence-electron chi connectivity index (χ1n) is 4.89. The summed E-state index contributed by atoms with van der Waals surface area (Å²) in [6, 6.07) is -0.146. The van der Waals surface area contributed by atoms with Crippen LogP contribution in [0.4, 0.5) is 0 Å². The Morgan fingerprint density at radius 2 is 2.15 bits per heavy atom. The molecule has 1 aliphatic rings. The van der Waals surface area contributed by atoms with Crippen molar-refractivity contribution in [2.45, 2.75) is 50.3 Å². The van der Waals surface area contributed by atoms with Gasteiger partial charge in [0.05, 0.1) is 10.5 Å². The molecule has 1 heterocycles. The molecular formula is C9H19NO2S. The first kappa shape index (κ1) is 11.0. The van der Waals surface area contributed by atoms with Crippen LogP contribution in [-0.4, -0.2) is 25.0 Å². The van der Waals surface area contributed by atoms with Crippen LogP contribution in [0.1, 0.15) is 39.5 Å². The summed E-state index contributed by atoms with van der Waals surface area (Å²) in [7, 11) is -2.93. The number of nitrogens with two attached hydrogens (primary N) is 1. The van der Waals surface area contributed by atoms with Crippen LogP contribution in [0.3, 0.4) is 0 Å². The summed E-state index contributed by atoms with van der Waals surface area (Å²) in [5.74, 6) is 0.174. The summed E-state index contributed by atoms with van der Waals surface area (Å²) in [5.41, 5.74) is 5.68. The molecule has 78 valence electrons. The topological polar surface area (TPSA) is 60.2 Å². The molecule has 0 radical (unpaired) electrons. The third-order valence-corrected chi connectivity index (χ3v) is 5.68. The minimum absolute atomic E-state index is 0.146. The summed E-state index contributed by atoms with van der Waals surface area (Å²) >= 11 is 0. The zero-order valence-corrected chi connectivity index (χ0v) is 9.23. The van der Waals surface area contributed by atoms with Crippen LogP contribution < -0.4 is 5.73 Å². The highest BCUT2D eigenvalue weighted by molar-refractivity contribution is 7.93. The average molecular weight is 205 g/mol. The Hall–Kier alpha value is -0.0900. The molecule has 1 fully saturated rings. The van der Waals surface area contributed by atoms with Gasteiger partial charge in [-0.1, -0.05) is 19.8 Å². The number of sulfone groups is 1. The third kappa shape index (κ3) is 2.05. The predicted octanol–water partition coefficient (Wildman–Crippen LogP) is 1.08. The normalized spacial score (nSPS) is 37.9. The van der Waals surface area contributed by atoms with Gasteiger partial charge < -0.3 is 5.73 Å². The molecule has 0 spiro atoms. The van der Waals surface area contributed by atoms with Gasteiger partial charge >= 0.3 is 0 Å². The van der Waals surface area contributed by atoms with Crippen molar-refractivity contribution in [3.63, 3.8) is 0 Å². The molecule has 2 N–H and O–H groups in total. The maximum Gasteiger partial charge on any atom is 0.157 e. The van der Waals surface area contributed by atoms with E-state index in [0.717, 1.165) is 19.3 Å². The predicted molar refractivity (Wildman–Crippen MR) is 54.3 cm³/mol. The van der Waals surface area contributed by atoms with Crippen molar-refractivity contribution in [2.75, 3.05) is 5.75 Å². The van der Waals surface area contributed by atoms with Crippen molar-refractivity contribution in [3.8, 4) is 0 Å². The van der Waals surface area contributed by atoms with Gasteiger partial charge in [-0.3, -0.25) is 0 Å². The Labute approximate surface area is 80.6 Å². The van der Waals surface area contributed by atoms with Crippen molar-refractivity contribution in [1.82, 2.24) is 0 Å². The summed E-state index contributed by atoms with van der Waals surface area (Å²) in [4.78, 5) is 0. The lowest BCUT2D eigenvalue weighted by Crippen LogP contribution is -2.30. The van der Waals surface area contributed by atoms with E-state index in [4.69, 9.17) is 5.73 Å². The van der Waals surface area contributed by atoms with E-state index in [1.807, 2.05) is 6.92 Å². The molecule has 1 rings (SSSR count). The van der Waals surface area contributed by atoms with Crippen LogP contribution in [0.5, 0.6) is 0 Å². The van der Waals surface area contributed by atoms with Crippen molar-refractivity contribution in [2.24, 2.45) is 5.73 Å². The lowest BCUT2D eigenvalue weighted by molar-refractivity contribution is 0.477. The molecule has 13 heavy (non-hydrogen) atoms. The highest BCUT2D eigenvalue weighted by atomic mass is 32.2. The molecule has 2 atom stereocenters. The maximum atomic E-state index is 11.7. The van der Waals surface area contributed by atoms with Gasteiger partial charge in [0.15, 0.2) is 9.84 Å². The quantitative estimate of drug-likeness (QED) is 0.750. The highest BCUT2D eigenvalue weighted by Crippen LogP contribution is 2.35. The number of rotatable bonds is 3. The molecule has 0 aromatic carbocycles. The van der Waals surface area contributed by atoms with Gasteiger partial charge in [-0.2, -0.15) is 0 Å². The third-order valence-electron chi connectivity index (χ3n) is 2.94. The van der Waals surface area contributed by atoms with Crippen LogP contribution in [0.2, 0.25) is 0 Å². The Kier molecular flexibility index (Phi) is 3.02. The fourth-order valence-corrected chi connectivity index (χ4v) is 4.04. The van der Waals surface area contributed by atoms with Crippen molar-refractivity contribution in [3.05, 3.63) is 0 Å². The molecule has 0 aromatic heterocycles. The number of hydrogen-bond acceptors (Lipinski definition) is 3. The Morgan fingerprint density at radius 1 is 1.54 bits per heavy atom. The molecule has 3 nitrogen and oxygen atoms in total. The van der Waals surface area contributed by atoms with Crippen LogP contribution in [0.15, 0.2) is 0 Å². The smallest absolute Gasteiger partial charge is 0.157 e. The van der Waals surface area contributed by atoms with E-state index < -0.39 is 14.6 Å². The molecule has 0 bridgehead atoms. The molecule has 0 amide bonds. The van der Waals surface area contributed by atoms with Crippen LogP contribution in [0.25, 0.3) is 0 Å². The second-order valence-corrected chi connectivity index (χ2v) is 6.85. The summed E-state index contributed by atoms with van der Waals surface area (Å²) in [5, 5.41) is 0. The molecule has 0 aliphatic carbocycles. The van der Waals surface area contributed by atoms with Crippen LogP contribution in [-0.2, 0) is 9.84 Å². The fraction of sp³-hybridized carbons (Fsp3) is 1.00. The number of unbranched alkanes of at least 4 members (excludes halogenated alkanes) is 1. The van der Waals surface area contributed by atoms with Gasteiger partial charge in [0, 0.05) is 6.04 Å².